The van der Waals surface area contributed by atoms with Gasteiger partial charge in [0.2, 0.25) is 5.82 Å². The topological polar surface area (TPSA) is 116 Å². The average Bonchev–Trinajstić information content (AvgIpc) is 3.59. The van der Waals surface area contributed by atoms with Gasteiger partial charge in [0.05, 0.1) is 11.9 Å². The van der Waals surface area contributed by atoms with Crippen molar-refractivity contribution in [1.29, 1.82) is 0 Å². The zero-order valence-electron chi connectivity index (χ0n) is 23.0. The molecule has 2 aliphatic heterocycles. The number of fused-ring (bicyclic) bond motifs is 1. The lowest BCUT2D eigenvalue weighted by atomic mass is 9.82. The predicted octanol–water partition coefficient (Wildman–Crippen LogP) is 3.84. The van der Waals surface area contributed by atoms with Gasteiger partial charge in [0.15, 0.2) is 5.65 Å². The van der Waals surface area contributed by atoms with E-state index in [0.717, 1.165) is 54.9 Å². The zero-order chi connectivity index (χ0) is 28.7. The van der Waals surface area contributed by atoms with Crippen LogP contribution in [0.2, 0.25) is 0 Å². The molecule has 0 bridgehead atoms. The van der Waals surface area contributed by atoms with Crippen LogP contribution in [-0.4, -0.2) is 68.8 Å². The maximum absolute atomic E-state index is 13.5. The number of nitrogens with zero attached hydrogens (tertiary/aromatic N) is 6. The molecule has 2 fully saturated rings. The number of carbonyl (C=O) groups is 2. The van der Waals surface area contributed by atoms with Crippen molar-refractivity contribution < 1.29 is 19.1 Å². The third-order valence-electron chi connectivity index (χ3n) is 8.34. The molecule has 2 saturated heterocycles. The molecule has 11 heteroatoms. The highest BCUT2D eigenvalue weighted by Crippen LogP contribution is 2.37. The SMILES string of the molecule is Cc1cc(N2CCC(C)(c3ccc(F)cc3)C2)cn2nc(C(=O)NC3CCN(c4ccnc(C(=O)O)c4)CC3)nc12. The van der Waals surface area contributed by atoms with E-state index in [1.807, 2.05) is 25.3 Å². The fraction of sp³-hybridized carbons (Fsp3) is 0.367. The van der Waals surface area contributed by atoms with Crippen molar-refractivity contribution in [1.82, 2.24) is 24.9 Å². The van der Waals surface area contributed by atoms with Crippen molar-refractivity contribution in [3.8, 4) is 0 Å². The molecule has 10 nitrogen and oxygen atoms in total. The molecule has 4 aromatic rings. The number of nitrogens with one attached hydrogen (secondary N) is 1. The number of carboxylic acid groups (broad SMARTS) is 1. The summed E-state index contributed by atoms with van der Waals surface area (Å²) in [4.78, 5) is 37.2. The lowest BCUT2D eigenvalue weighted by molar-refractivity contribution is 0.0690. The average molecular weight is 558 g/mol. The van der Waals surface area contributed by atoms with E-state index in [1.54, 1.807) is 16.6 Å². The normalized spacial score (nSPS) is 19.6. The molecule has 3 aromatic heterocycles. The van der Waals surface area contributed by atoms with Gasteiger partial charge in [-0.05, 0) is 67.6 Å². The van der Waals surface area contributed by atoms with Crippen LogP contribution >= 0.6 is 0 Å². The third kappa shape index (κ3) is 5.31. The molecule has 1 aromatic carbocycles. The number of aromatic nitrogens is 4. The summed E-state index contributed by atoms with van der Waals surface area (Å²) in [6, 6.07) is 12.2. The Morgan fingerprint density at radius 1 is 1.05 bits per heavy atom. The van der Waals surface area contributed by atoms with Gasteiger partial charge in [-0.2, -0.15) is 0 Å². The highest BCUT2D eigenvalue weighted by molar-refractivity contribution is 5.91. The van der Waals surface area contributed by atoms with Crippen LogP contribution in [0.3, 0.4) is 0 Å². The van der Waals surface area contributed by atoms with E-state index in [2.05, 4.69) is 43.2 Å². The Morgan fingerprint density at radius 2 is 1.80 bits per heavy atom. The minimum atomic E-state index is -1.06. The third-order valence-corrected chi connectivity index (χ3v) is 8.34. The number of aromatic carboxylic acids is 1. The predicted molar refractivity (Wildman–Crippen MR) is 152 cm³/mol. The maximum atomic E-state index is 13.5. The Bertz CT molecular complexity index is 1610. The van der Waals surface area contributed by atoms with Crippen LogP contribution in [-0.2, 0) is 5.41 Å². The molecule has 2 aliphatic rings. The number of carbonyl (C=O) groups excluding carboxylic acids is 1. The lowest BCUT2D eigenvalue weighted by Crippen LogP contribution is -2.45. The van der Waals surface area contributed by atoms with Crippen molar-refractivity contribution in [2.45, 2.75) is 44.6 Å². The first-order chi connectivity index (χ1) is 19.7. The minimum absolute atomic E-state index is 0.0147. The van der Waals surface area contributed by atoms with Crippen LogP contribution in [0.25, 0.3) is 5.65 Å². The van der Waals surface area contributed by atoms with Crippen LogP contribution in [0.1, 0.15) is 58.4 Å². The minimum Gasteiger partial charge on any atom is -0.477 e. The summed E-state index contributed by atoms with van der Waals surface area (Å²) in [5, 5.41) is 16.8. The van der Waals surface area contributed by atoms with E-state index in [9.17, 15) is 19.1 Å². The van der Waals surface area contributed by atoms with Crippen molar-refractivity contribution in [2.75, 3.05) is 36.0 Å². The van der Waals surface area contributed by atoms with Crippen LogP contribution in [0, 0.1) is 12.7 Å². The van der Waals surface area contributed by atoms with Gasteiger partial charge in [-0.25, -0.2) is 23.7 Å². The van der Waals surface area contributed by atoms with Gasteiger partial charge in [-0.3, -0.25) is 4.79 Å². The summed E-state index contributed by atoms with van der Waals surface area (Å²) in [6.07, 6.45) is 5.80. The number of halogens is 1. The Balaban J connectivity index is 1.11. The molecule has 1 atom stereocenters. The molecular formula is C30H32FN7O3. The molecule has 1 amide bonds. The van der Waals surface area contributed by atoms with Crippen LogP contribution < -0.4 is 15.1 Å². The Kier molecular flexibility index (Phi) is 6.80. The van der Waals surface area contributed by atoms with E-state index in [1.165, 1.54) is 18.3 Å². The van der Waals surface area contributed by atoms with Gasteiger partial charge in [-0.1, -0.05) is 19.1 Å². The first-order valence-electron chi connectivity index (χ1n) is 13.8. The molecule has 2 N–H and O–H groups in total. The second-order valence-corrected chi connectivity index (χ2v) is 11.3. The molecule has 5 heterocycles. The number of hydrogen-bond donors (Lipinski definition) is 2. The highest BCUT2D eigenvalue weighted by atomic mass is 19.1. The van der Waals surface area contributed by atoms with Gasteiger partial charge in [0.1, 0.15) is 11.5 Å². The molecule has 0 spiro atoms. The van der Waals surface area contributed by atoms with Gasteiger partial charge in [0, 0.05) is 49.5 Å². The molecule has 212 valence electrons. The summed E-state index contributed by atoms with van der Waals surface area (Å²) in [5.74, 6) is -1.47. The number of anilines is 2. The van der Waals surface area contributed by atoms with Crippen molar-refractivity contribution >= 4 is 28.9 Å². The van der Waals surface area contributed by atoms with Gasteiger partial charge >= 0.3 is 5.97 Å². The first kappa shape index (κ1) is 26.7. The number of carboxylic acids is 1. The van der Waals surface area contributed by atoms with E-state index in [0.29, 0.717) is 18.7 Å². The fourth-order valence-electron chi connectivity index (χ4n) is 5.93. The quantitative estimate of drug-likeness (QED) is 0.368. The molecule has 41 heavy (non-hydrogen) atoms. The molecule has 0 saturated carbocycles. The van der Waals surface area contributed by atoms with Crippen LogP contribution in [0.5, 0.6) is 0 Å². The van der Waals surface area contributed by atoms with E-state index < -0.39 is 5.97 Å². The Hall–Kier alpha value is -4.54. The van der Waals surface area contributed by atoms with Gasteiger partial charge < -0.3 is 20.2 Å². The molecule has 6 rings (SSSR count). The van der Waals surface area contributed by atoms with Crippen LogP contribution in [0.15, 0.2) is 54.9 Å². The molecule has 0 radical (unpaired) electrons. The van der Waals surface area contributed by atoms with Gasteiger partial charge in [-0.15, -0.1) is 5.10 Å². The zero-order valence-corrected chi connectivity index (χ0v) is 23.0. The number of benzene rings is 1. The number of piperidine rings is 1. The summed E-state index contributed by atoms with van der Waals surface area (Å²) < 4.78 is 15.1. The second-order valence-electron chi connectivity index (χ2n) is 11.3. The van der Waals surface area contributed by atoms with E-state index in [-0.39, 0.29) is 34.7 Å². The largest absolute Gasteiger partial charge is 0.477 e. The number of amides is 1. The summed E-state index contributed by atoms with van der Waals surface area (Å²) in [6.45, 7) is 7.19. The van der Waals surface area contributed by atoms with Gasteiger partial charge in [0.25, 0.3) is 5.91 Å². The number of hydrogen-bond acceptors (Lipinski definition) is 7. The van der Waals surface area contributed by atoms with Crippen molar-refractivity contribution in [3.05, 3.63) is 83.3 Å². The summed E-state index contributed by atoms with van der Waals surface area (Å²) >= 11 is 0. The van der Waals surface area contributed by atoms with E-state index in [4.69, 9.17) is 0 Å². The maximum Gasteiger partial charge on any atom is 0.354 e. The highest BCUT2D eigenvalue weighted by Gasteiger charge is 2.36. The molecule has 1 unspecified atom stereocenters. The van der Waals surface area contributed by atoms with E-state index >= 15 is 0 Å². The standard InChI is InChI=1S/C30H32FN7O3/c1-19-15-24(37-14-10-30(2,18-37)20-3-5-21(31)6-4-20)17-38-27(19)34-26(35-38)28(39)33-22-8-12-36(13-9-22)23-7-11-32-25(16-23)29(40)41/h3-7,11,15-17,22H,8-10,12-14,18H2,1-2H3,(H,33,39)(H,40,41). The number of pyridine rings is 2. The number of rotatable bonds is 6. The second kappa shape index (κ2) is 10.5. The number of aryl methyl sites for hydroxylation is 1. The first-order valence-corrected chi connectivity index (χ1v) is 13.8. The Labute approximate surface area is 236 Å². The fourth-order valence-corrected chi connectivity index (χ4v) is 5.93. The Morgan fingerprint density at radius 3 is 2.54 bits per heavy atom. The summed E-state index contributed by atoms with van der Waals surface area (Å²) in [7, 11) is 0. The smallest absolute Gasteiger partial charge is 0.354 e. The monoisotopic (exact) mass is 557 g/mol. The molecule has 0 aliphatic carbocycles. The van der Waals surface area contributed by atoms with Crippen molar-refractivity contribution in [2.24, 2.45) is 0 Å². The lowest BCUT2D eigenvalue weighted by Gasteiger charge is -2.33. The molecular weight excluding hydrogens is 525 g/mol. The summed E-state index contributed by atoms with van der Waals surface area (Å²) in [5.41, 5.74) is 4.43. The van der Waals surface area contributed by atoms with Crippen LogP contribution in [0.4, 0.5) is 15.8 Å². The van der Waals surface area contributed by atoms with Crippen molar-refractivity contribution in [3.63, 3.8) is 0 Å².